The molecule has 0 radical (unpaired) electrons. The van der Waals surface area contributed by atoms with Gasteiger partial charge in [0, 0.05) is 0 Å². The van der Waals surface area contributed by atoms with Crippen molar-refractivity contribution in [1.29, 1.82) is 0 Å². The van der Waals surface area contributed by atoms with Gasteiger partial charge in [0.05, 0.1) is 12.9 Å². The predicted molar refractivity (Wildman–Crippen MR) is 76.8 cm³/mol. The van der Waals surface area contributed by atoms with Crippen LogP contribution >= 0.6 is 0 Å². The van der Waals surface area contributed by atoms with Crippen molar-refractivity contribution in [2.75, 3.05) is 12.9 Å². The van der Waals surface area contributed by atoms with E-state index in [4.69, 9.17) is 4.18 Å². The van der Waals surface area contributed by atoms with Crippen LogP contribution in [0.1, 0.15) is 49.1 Å². The van der Waals surface area contributed by atoms with Crippen molar-refractivity contribution in [3.63, 3.8) is 0 Å². The fraction of sp³-hybridized carbons (Fsp3) is 0.600. The van der Waals surface area contributed by atoms with Crippen LogP contribution in [-0.2, 0) is 20.7 Å². The lowest BCUT2D eigenvalue weighted by Gasteiger charge is -2.11. The van der Waals surface area contributed by atoms with Crippen molar-refractivity contribution in [2.24, 2.45) is 0 Å². The highest BCUT2D eigenvalue weighted by Crippen LogP contribution is 2.34. The Morgan fingerprint density at radius 3 is 2.68 bits per heavy atom. The highest BCUT2D eigenvalue weighted by Gasteiger charge is 2.16. The maximum absolute atomic E-state index is 10.8. The van der Waals surface area contributed by atoms with Crippen LogP contribution in [0.2, 0.25) is 0 Å². The Morgan fingerprint density at radius 1 is 1.26 bits per heavy atom. The molecule has 1 fully saturated rings. The molecule has 3 nitrogen and oxygen atoms in total. The van der Waals surface area contributed by atoms with Gasteiger partial charge < -0.3 is 0 Å². The summed E-state index contributed by atoms with van der Waals surface area (Å²) in [6.07, 6.45) is 8.00. The number of hydrogen-bond donors (Lipinski definition) is 0. The molecule has 1 aromatic rings. The average Bonchev–Trinajstić information content (AvgIpc) is 2.88. The fourth-order valence-electron chi connectivity index (χ4n) is 2.75. The lowest BCUT2D eigenvalue weighted by atomic mass is 9.95. The largest absolute Gasteiger partial charge is 0.270 e. The molecule has 0 aliphatic heterocycles. The predicted octanol–water partition coefficient (Wildman–Crippen LogP) is 3.25. The first-order valence-electron chi connectivity index (χ1n) is 6.98. The van der Waals surface area contributed by atoms with Crippen LogP contribution < -0.4 is 0 Å². The minimum Gasteiger partial charge on any atom is -0.270 e. The minimum atomic E-state index is -3.30. The third-order valence-corrected chi connectivity index (χ3v) is 4.28. The molecule has 0 bridgehead atoms. The summed E-state index contributed by atoms with van der Waals surface area (Å²) in [5.41, 5.74) is 2.72. The van der Waals surface area contributed by atoms with E-state index in [2.05, 4.69) is 24.3 Å². The molecule has 0 spiro atoms. The molecule has 0 atom stereocenters. The van der Waals surface area contributed by atoms with Crippen molar-refractivity contribution in [3.8, 4) is 0 Å². The molecule has 1 saturated carbocycles. The van der Waals surface area contributed by atoms with Gasteiger partial charge in [0.15, 0.2) is 0 Å². The van der Waals surface area contributed by atoms with Crippen LogP contribution in [0.3, 0.4) is 0 Å². The van der Waals surface area contributed by atoms with Gasteiger partial charge in [-0.2, -0.15) is 8.42 Å². The summed E-state index contributed by atoms with van der Waals surface area (Å²) in [6.45, 7) is 0.270. The van der Waals surface area contributed by atoms with Crippen molar-refractivity contribution >= 4 is 10.1 Å². The Morgan fingerprint density at radius 2 is 2.00 bits per heavy atom. The zero-order valence-electron chi connectivity index (χ0n) is 11.5. The van der Waals surface area contributed by atoms with Crippen LogP contribution in [0, 0.1) is 0 Å². The van der Waals surface area contributed by atoms with Crippen LogP contribution in [0.5, 0.6) is 0 Å². The number of rotatable bonds is 6. The normalized spacial score (nSPS) is 16.9. The summed E-state index contributed by atoms with van der Waals surface area (Å²) in [6, 6.07) is 8.71. The molecule has 0 unspecified atom stereocenters. The molecule has 0 heterocycles. The van der Waals surface area contributed by atoms with Gasteiger partial charge >= 0.3 is 0 Å². The SMILES string of the molecule is CS(=O)(=O)OCCCc1cccc(C2CCCC2)c1. The molecule has 0 saturated heterocycles. The lowest BCUT2D eigenvalue weighted by molar-refractivity contribution is 0.316. The number of aryl methyl sites for hydroxylation is 1. The Bertz CT molecular complexity index is 502. The van der Waals surface area contributed by atoms with E-state index in [1.54, 1.807) is 0 Å². The van der Waals surface area contributed by atoms with Crippen LogP contribution in [0.15, 0.2) is 24.3 Å². The van der Waals surface area contributed by atoms with Gasteiger partial charge in [-0.3, -0.25) is 4.18 Å². The molecule has 4 heteroatoms. The lowest BCUT2D eigenvalue weighted by Crippen LogP contribution is -2.05. The molecule has 0 amide bonds. The third-order valence-electron chi connectivity index (χ3n) is 3.68. The maximum atomic E-state index is 10.8. The Hall–Kier alpha value is -0.870. The van der Waals surface area contributed by atoms with Crippen LogP contribution in [0.4, 0.5) is 0 Å². The molecule has 0 N–H and O–H groups in total. The van der Waals surface area contributed by atoms with Gasteiger partial charge in [-0.25, -0.2) is 0 Å². The van der Waals surface area contributed by atoms with Gasteiger partial charge in [-0.1, -0.05) is 37.1 Å². The molecule has 0 aromatic heterocycles. The van der Waals surface area contributed by atoms with E-state index in [-0.39, 0.29) is 6.61 Å². The molecule has 1 aliphatic rings. The van der Waals surface area contributed by atoms with E-state index >= 15 is 0 Å². The van der Waals surface area contributed by atoms with Gasteiger partial charge in [-0.15, -0.1) is 0 Å². The summed E-state index contributed by atoms with van der Waals surface area (Å²) < 4.78 is 26.5. The maximum Gasteiger partial charge on any atom is 0.264 e. The second-order valence-corrected chi connectivity index (χ2v) is 7.00. The summed E-state index contributed by atoms with van der Waals surface area (Å²) >= 11 is 0. The van der Waals surface area contributed by atoms with E-state index in [1.165, 1.54) is 36.8 Å². The molecule has 106 valence electrons. The molecule has 19 heavy (non-hydrogen) atoms. The van der Waals surface area contributed by atoms with E-state index in [9.17, 15) is 8.42 Å². The molecule has 1 aromatic carbocycles. The number of benzene rings is 1. The second-order valence-electron chi connectivity index (χ2n) is 5.36. The Balaban J connectivity index is 1.85. The van der Waals surface area contributed by atoms with Crippen molar-refractivity contribution in [1.82, 2.24) is 0 Å². The fourth-order valence-corrected chi connectivity index (χ4v) is 3.17. The van der Waals surface area contributed by atoms with Gasteiger partial charge in [0.25, 0.3) is 10.1 Å². The zero-order valence-corrected chi connectivity index (χ0v) is 12.3. The standard InChI is InChI=1S/C15H22O3S/c1-19(16,17)18-11-5-7-13-6-4-10-15(12-13)14-8-2-3-9-14/h4,6,10,12,14H,2-3,5,7-9,11H2,1H3. The average molecular weight is 282 g/mol. The van der Waals surface area contributed by atoms with Gasteiger partial charge in [0.1, 0.15) is 0 Å². The smallest absolute Gasteiger partial charge is 0.264 e. The summed E-state index contributed by atoms with van der Waals surface area (Å²) in [5.74, 6) is 0.729. The zero-order chi connectivity index (χ0) is 13.7. The Kier molecular flexibility index (Phi) is 4.99. The van der Waals surface area contributed by atoms with Crippen molar-refractivity contribution in [3.05, 3.63) is 35.4 Å². The summed E-state index contributed by atoms with van der Waals surface area (Å²) in [4.78, 5) is 0. The summed E-state index contributed by atoms with van der Waals surface area (Å²) in [5, 5.41) is 0. The summed E-state index contributed by atoms with van der Waals surface area (Å²) in [7, 11) is -3.30. The van der Waals surface area contributed by atoms with Crippen molar-refractivity contribution in [2.45, 2.75) is 44.4 Å². The molecular formula is C15H22O3S. The molecule has 2 rings (SSSR count). The second kappa shape index (κ2) is 6.53. The first-order chi connectivity index (χ1) is 9.04. The molecular weight excluding hydrogens is 260 g/mol. The quantitative estimate of drug-likeness (QED) is 0.594. The van der Waals surface area contributed by atoms with Crippen molar-refractivity contribution < 1.29 is 12.6 Å². The van der Waals surface area contributed by atoms with E-state index in [1.807, 2.05) is 0 Å². The monoisotopic (exact) mass is 282 g/mol. The first kappa shape index (κ1) is 14.5. The highest BCUT2D eigenvalue weighted by atomic mass is 32.2. The van der Waals surface area contributed by atoms with E-state index in [0.717, 1.165) is 25.0 Å². The Labute approximate surface area is 116 Å². The first-order valence-corrected chi connectivity index (χ1v) is 8.79. The third kappa shape index (κ3) is 4.96. The molecule has 1 aliphatic carbocycles. The van der Waals surface area contributed by atoms with Crippen LogP contribution in [0.25, 0.3) is 0 Å². The number of hydrogen-bond acceptors (Lipinski definition) is 3. The minimum absolute atomic E-state index is 0.270. The van der Waals surface area contributed by atoms with E-state index < -0.39 is 10.1 Å². The van der Waals surface area contributed by atoms with E-state index in [0.29, 0.717) is 0 Å². The van der Waals surface area contributed by atoms with Gasteiger partial charge in [0.2, 0.25) is 0 Å². The van der Waals surface area contributed by atoms with Gasteiger partial charge in [-0.05, 0) is 42.7 Å². The van der Waals surface area contributed by atoms with Crippen LogP contribution in [-0.4, -0.2) is 21.3 Å². The topological polar surface area (TPSA) is 43.4 Å². The highest BCUT2D eigenvalue weighted by molar-refractivity contribution is 7.85.